The van der Waals surface area contributed by atoms with E-state index in [-0.39, 0.29) is 0 Å². The normalized spacial score (nSPS) is 26.6. The molecule has 1 spiro atoms. The largest absolute Gasteiger partial charge is 0.494 e. The van der Waals surface area contributed by atoms with Crippen LogP contribution in [0.25, 0.3) is 0 Å². The van der Waals surface area contributed by atoms with E-state index < -0.39 is 0 Å². The summed E-state index contributed by atoms with van der Waals surface area (Å²) in [5.41, 5.74) is 1.55. The maximum atomic E-state index is 5.98. The quantitative estimate of drug-likeness (QED) is 0.850. The van der Waals surface area contributed by atoms with Crippen LogP contribution in [0.5, 0.6) is 5.75 Å². The van der Waals surface area contributed by atoms with Crippen LogP contribution in [0.15, 0.2) is 24.3 Å². The van der Waals surface area contributed by atoms with Crippen molar-refractivity contribution >= 4 is 5.69 Å². The van der Waals surface area contributed by atoms with Gasteiger partial charge in [0.2, 0.25) is 0 Å². The number of rotatable bonds is 6. The maximum absolute atomic E-state index is 5.98. The molecule has 2 fully saturated rings. The van der Waals surface area contributed by atoms with E-state index in [4.69, 9.17) is 9.47 Å². The molecule has 0 saturated heterocycles. The van der Waals surface area contributed by atoms with Gasteiger partial charge in [-0.05, 0) is 45.2 Å². The van der Waals surface area contributed by atoms with Gasteiger partial charge in [-0.1, -0.05) is 18.9 Å². The van der Waals surface area contributed by atoms with Gasteiger partial charge >= 0.3 is 0 Å². The Morgan fingerprint density at radius 1 is 1.19 bits per heavy atom. The number of nitrogens with one attached hydrogen (secondary N) is 1. The van der Waals surface area contributed by atoms with Crippen molar-refractivity contribution in [1.29, 1.82) is 0 Å². The average molecular weight is 289 g/mol. The molecule has 3 nitrogen and oxygen atoms in total. The molecule has 116 valence electrons. The number of anilines is 1. The third kappa shape index (κ3) is 2.76. The van der Waals surface area contributed by atoms with Crippen LogP contribution in [-0.2, 0) is 4.74 Å². The molecule has 2 atom stereocenters. The highest BCUT2D eigenvalue weighted by Gasteiger charge is 2.56. The molecule has 0 aliphatic heterocycles. The van der Waals surface area contributed by atoms with Crippen LogP contribution in [-0.4, -0.2) is 25.4 Å². The molecule has 3 heteroatoms. The standard InChI is InChI=1S/C18H27NO2/c1-3-20-15-9-7-8-14(12-15)19-16-13-17(21-4-2)18(16)10-5-6-11-18/h7-9,12,16-17,19H,3-6,10-11,13H2,1-2H3. The molecule has 3 rings (SSSR count). The number of hydrogen-bond donors (Lipinski definition) is 1. The van der Waals surface area contributed by atoms with Gasteiger partial charge in [0.15, 0.2) is 0 Å². The minimum atomic E-state index is 0.373. The fourth-order valence-electron chi connectivity index (χ4n) is 4.13. The minimum Gasteiger partial charge on any atom is -0.494 e. The average Bonchev–Trinajstić information content (AvgIpc) is 3.00. The monoisotopic (exact) mass is 289 g/mol. The van der Waals surface area contributed by atoms with Crippen molar-refractivity contribution in [1.82, 2.24) is 0 Å². The predicted molar refractivity (Wildman–Crippen MR) is 86.0 cm³/mol. The second-order valence-corrected chi connectivity index (χ2v) is 6.28. The Morgan fingerprint density at radius 2 is 2.00 bits per heavy atom. The predicted octanol–water partition coefficient (Wildman–Crippen LogP) is 4.24. The Labute approximate surface area is 128 Å². The first-order valence-corrected chi connectivity index (χ1v) is 8.39. The molecule has 2 saturated carbocycles. The van der Waals surface area contributed by atoms with Crippen molar-refractivity contribution in [2.45, 2.75) is 58.1 Å². The summed E-state index contributed by atoms with van der Waals surface area (Å²) in [5.74, 6) is 0.948. The van der Waals surface area contributed by atoms with Crippen LogP contribution in [0.4, 0.5) is 5.69 Å². The molecule has 21 heavy (non-hydrogen) atoms. The number of benzene rings is 1. The lowest BCUT2D eigenvalue weighted by molar-refractivity contribution is -0.114. The van der Waals surface area contributed by atoms with Gasteiger partial charge in [-0.3, -0.25) is 0 Å². The maximum Gasteiger partial charge on any atom is 0.121 e. The summed E-state index contributed by atoms with van der Waals surface area (Å²) in [6.07, 6.45) is 6.90. The van der Waals surface area contributed by atoms with Crippen molar-refractivity contribution in [3.05, 3.63) is 24.3 Å². The summed E-state index contributed by atoms with van der Waals surface area (Å²) in [5, 5.41) is 3.74. The fraction of sp³-hybridized carbons (Fsp3) is 0.667. The zero-order valence-electron chi connectivity index (χ0n) is 13.2. The molecular weight excluding hydrogens is 262 g/mol. The van der Waals surface area contributed by atoms with Crippen molar-refractivity contribution in [2.75, 3.05) is 18.5 Å². The number of ether oxygens (including phenoxy) is 2. The lowest BCUT2D eigenvalue weighted by Crippen LogP contribution is -2.60. The summed E-state index contributed by atoms with van der Waals surface area (Å²) in [6.45, 7) is 5.67. The van der Waals surface area contributed by atoms with Gasteiger partial charge in [0, 0.05) is 29.8 Å². The molecule has 1 aromatic carbocycles. The molecule has 2 aliphatic carbocycles. The van der Waals surface area contributed by atoms with Crippen molar-refractivity contribution < 1.29 is 9.47 Å². The molecule has 0 bridgehead atoms. The van der Waals surface area contributed by atoms with E-state index in [1.54, 1.807) is 0 Å². The highest BCUT2D eigenvalue weighted by molar-refractivity contribution is 5.50. The molecule has 2 unspecified atom stereocenters. The van der Waals surface area contributed by atoms with E-state index >= 15 is 0 Å². The van der Waals surface area contributed by atoms with Gasteiger partial charge in [0.05, 0.1) is 12.7 Å². The van der Waals surface area contributed by atoms with E-state index in [1.807, 2.05) is 13.0 Å². The Balaban J connectivity index is 1.69. The fourth-order valence-corrected chi connectivity index (χ4v) is 4.13. The second kappa shape index (κ2) is 6.27. The smallest absolute Gasteiger partial charge is 0.121 e. The minimum absolute atomic E-state index is 0.373. The van der Waals surface area contributed by atoms with Crippen molar-refractivity contribution in [3.63, 3.8) is 0 Å². The zero-order chi connectivity index (χ0) is 14.7. The molecule has 0 aromatic heterocycles. The van der Waals surface area contributed by atoms with Crippen LogP contribution in [0.3, 0.4) is 0 Å². The molecule has 0 radical (unpaired) electrons. The third-order valence-corrected chi connectivity index (χ3v) is 5.17. The SMILES string of the molecule is CCOc1cccc(NC2CC(OCC)C23CCCC3)c1. The summed E-state index contributed by atoms with van der Waals surface area (Å²) in [6, 6.07) is 8.88. The first-order valence-electron chi connectivity index (χ1n) is 8.39. The van der Waals surface area contributed by atoms with Crippen LogP contribution in [0.1, 0.15) is 46.0 Å². The zero-order valence-corrected chi connectivity index (χ0v) is 13.2. The van der Waals surface area contributed by atoms with Crippen LogP contribution < -0.4 is 10.1 Å². The molecule has 2 aliphatic rings. The second-order valence-electron chi connectivity index (χ2n) is 6.28. The van der Waals surface area contributed by atoms with Gasteiger partial charge in [0.25, 0.3) is 0 Å². The highest BCUT2D eigenvalue weighted by atomic mass is 16.5. The first kappa shape index (κ1) is 14.7. The van der Waals surface area contributed by atoms with Crippen molar-refractivity contribution in [3.8, 4) is 5.75 Å². The highest BCUT2D eigenvalue weighted by Crippen LogP contribution is 2.55. The van der Waals surface area contributed by atoms with Crippen LogP contribution in [0.2, 0.25) is 0 Å². The van der Waals surface area contributed by atoms with E-state index in [2.05, 4.69) is 30.4 Å². The Kier molecular flexibility index (Phi) is 4.39. The topological polar surface area (TPSA) is 30.5 Å². The molecule has 1 N–H and O–H groups in total. The lowest BCUT2D eigenvalue weighted by atomic mass is 9.60. The molecule has 0 amide bonds. The van der Waals surface area contributed by atoms with Gasteiger partial charge in [-0.15, -0.1) is 0 Å². The van der Waals surface area contributed by atoms with E-state index in [1.165, 1.54) is 31.4 Å². The Morgan fingerprint density at radius 3 is 2.71 bits per heavy atom. The summed E-state index contributed by atoms with van der Waals surface area (Å²) >= 11 is 0. The molecular formula is C18H27NO2. The van der Waals surface area contributed by atoms with E-state index in [9.17, 15) is 0 Å². The Bertz CT molecular complexity index is 468. The molecule has 0 heterocycles. The van der Waals surface area contributed by atoms with E-state index in [0.29, 0.717) is 24.2 Å². The summed E-state index contributed by atoms with van der Waals surface area (Å²) in [4.78, 5) is 0. The molecule has 1 aromatic rings. The van der Waals surface area contributed by atoms with Gasteiger partial charge in [-0.2, -0.15) is 0 Å². The lowest BCUT2D eigenvalue weighted by Gasteiger charge is -2.54. The number of hydrogen-bond acceptors (Lipinski definition) is 3. The summed E-state index contributed by atoms with van der Waals surface area (Å²) in [7, 11) is 0. The van der Waals surface area contributed by atoms with Crippen LogP contribution >= 0.6 is 0 Å². The van der Waals surface area contributed by atoms with Gasteiger partial charge in [0.1, 0.15) is 5.75 Å². The third-order valence-electron chi connectivity index (χ3n) is 5.17. The Hall–Kier alpha value is -1.22. The van der Waals surface area contributed by atoms with Crippen LogP contribution in [0, 0.1) is 5.41 Å². The van der Waals surface area contributed by atoms with Gasteiger partial charge < -0.3 is 14.8 Å². The van der Waals surface area contributed by atoms with Gasteiger partial charge in [-0.25, -0.2) is 0 Å². The first-order chi connectivity index (χ1) is 10.3. The van der Waals surface area contributed by atoms with Crippen molar-refractivity contribution in [2.24, 2.45) is 5.41 Å². The summed E-state index contributed by atoms with van der Waals surface area (Å²) < 4.78 is 11.6. The van der Waals surface area contributed by atoms with E-state index in [0.717, 1.165) is 18.8 Å².